The van der Waals surface area contributed by atoms with Crippen molar-refractivity contribution in [3.8, 4) is 22.6 Å². The van der Waals surface area contributed by atoms with Crippen LogP contribution in [0.4, 0.5) is 0 Å². The van der Waals surface area contributed by atoms with Crippen molar-refractivity contribution in [3.63, 3.8) is 0 Å². The summed E-state index contributed by atoms with van der Waals surface area (Å²) in [6, 6.07) is 13.6. The highest BCUT2D eigenvalue weighted by Gasteiger charge is 2.05. The van der Waals surface area contributed by atoms with Crippen molar-refractivity contribution >= 4 is 17.2 Å². The van der Waals surface area contributed by atoms with Gasteiger partial charge in [-0.05, 0) is 35.4 Å². The lowest BCUT2D eigenvalue weighted by atomic mass is 10.1. The van der Waals surface area contributed by atoms with Crippen LogP contribution in [0.15, 0.2) is 48.5 Å². The topological polar surface area (TPSA) is 99.4 Å². The van der Waals surface area contributed by atoms with E-state index in [0.717, 1.165) is 11.1 Å². The summed E-state index contributed by atoms with van der Waals surface area (Å²) in [5.74, 6) is 0.743. The fourth-order valence-corrected chi connectivity index (χ4v) is 2.23. The Balaban J connectivity index is 2.11. The second-order valence-corrected chi connectivity index (χ2v) is 5.11. The monoisotopic (exact) mass is 314 g/mol. The summed E-state index contributed by atoms with van der Waals surface area (Å²) in [5.41, 5.74) is 1.80. The van der Waals surface area contributed by atoms with Gasteiger partial charge in [-0.2, -0.15) is 0 Å². The van der Waals surface area contributed by atoms with Gasteiger partial charge in [0, 0.05) is 0 Å². The van der Waals surface area contributed by atoms with Gasteiger partial charge in [-0.15, -0.1) is 0 Å². The molecule has 0 aliphatic rings. The molecule has 0 heterocycles. The van der Waals surface area contributed by atoms with Gasteiger partial charge in [-0.25, -0.2) is 0 Å². The average Bonchev–Trinajstić information content (AvgIpc) is 2.39. The van der Waals surface area contributed by atoms with E-state index in [0.29, 0.717) is 11.5 Å². The minimum atomic E-state index is -2.42. The van der Waals surface area contributed by atoms with E-state index in [9.17, 15) is 0 Å². The second-order valence-electron chi connectivity index (χ2n) is 3.74. The minimum absolute atomic E-state index is 0.371. The van der Waals surface area contributed by atoms with Gasteiger partial charge in [0.1, 0.15) is 11.5 Å². The summed E-state index contributed by atoms with van der Waals surface area (Å²) in [7, 11) is -4.83. The largest absolute Gasteiger partial charge is 0.427 e. The Hall–Kier alpha value is -1.26. The molecule has 2 aromatic carbocycles. The predicted octanol–water partition coefficient (Wildman–Crippen LogP) is 2.53. The van der Waals surface area contributed by atoms with Gasteiger partial charge in [-0.3, -0.25) is 0 Å². The van der Waals surface area contributed by atoms with E-state index in [1.54, 1.807) is 48.5 Å². The molecule has 0 saturated carbocycles. The zero-order valence-corrected chi connectivity index (χ0v) is 11.9. The molecule has 0 aromatic heterocycles. The molecule has 0 aliphatic heterocycles. The van der Waals surface area contributed by atoms with E-state index in [2.05, 4.69) is 0 Å². The average molecular weight is 314 g/mol. The van der Waals surface area contributed by atoms with E-state index in [1.807, 2.05) is 0 Å². The predicted molar refractivity (Wildman–Crippen MR) is 75.8 cm³/mol. The molecular weight excluding hydrogens is 302 g/mol. The van der Waals surface area contributed by atoms with E-state index in [1.165, 1.54) is 0 Å². The zero-order chi connectivity index (χ0) is 14.5. The summed E-state index contributed by atoms with van der Waals surface area (Å²) in [6.45, 7) is 0. The van der Waals surface area contributed by atoms with Crippen LogP contribution in [0.1, 0.15) is 0 Å². The van der Waals surface area contributed by atoms with Crippen LogP contribution in [-0.2, 0) is 0 Å². The van der Waals surface area contributed by atoms with Crippen LogP contribution in [0, 0.1) is 0 Å². The molecule has 0 radical (unpaired) electrons. The van der Waals surface area contributed by atoms with Crippen LogP contribution in [-0.4, -0.2) is 19.6 Å². The number of benzene rings is 2. The van der Waals surface area contributed by atoms with E-state index >= 15 is 0 Å². The molecule has 0 saturated heterocycles. The van der Waals surface area contributed by atoms with E-state index in [-0.39, 0.29) is 0 Å². The van der Waals surface area contributed by atoms with Gasteiger partial charge in [-0.1, -0.05) is 24.3 Å². The minimum Gasteiger partial charge on any atom is -0.427 e. The molecule has 0 unspecified atom stereocenters. The highest BCUT2D eigenvalue weighted by Crippen LogP contribution is 2.32. The van der Waals surface area contributed by atoms with Crippen molar-refractivity contribution in [3.05, 3.63) is 48.5 Å². The Morgan fingerprint density at radius 2 is 0.850 bits per heavy atom. The Morgan fingerprint density at radius 1 is 0.550 bits per heavy atom. The zero-order valence-electron chi connectivity index (χ0n) is 10.1. The summed E-state index contributed by atoms with van der Waals surface area (Å²) in [5, 5.41) is 0. The molecule has 4 N–H and O–H groups in total. The molecule has 2 rings (SSSR count). The Morgan fingerprint density at radius 3 is 1.10 bits per heavy atom. The maximum atomic E-state index is 8.74. The number of hydrogen-bond donors (Lipinski definition) is 4. The van der Waals surface area contributed by atoms with E-state index in [4.69, 9.17) is 28.6 Å². The molecule has 6 nitrogen and oxygen atoms in total. The summed E-state index contributed by atoms with van der Waals surface area (Å²) >= 11 is 0. The highest BCUT2D eigenvalue weighted by atomic mass is 31.2. The highest BCUT2D eigenvalue weighted by molar-refractivity contribution is 7.40. The summed E-state index contributed by atoms with van der Waals surface area (Å²) in [4.78, 5) is 35.0. The first kappa shape index (κ1) is 15.1. The molecule has 0 fully saturated rings. The molecule has 0 amide bonds. The van der Waals surface area contributed by atoms with Crippen molar-refractivity contribution in [1.82, 2.24) is 0 Å². The van der Waals surface area contributed by atoms with Crippen LogP contribution < -0.4 is 9.05 Å². The van der Waals surface area contributed by atoms with Crippen molar-refractivity contribution in [2.45, 2.75) is 0 Å². The first-order valence-electron chi connectivity index (χ1n) is 5.47. The van der Waals surface area contributed by atoms with Gasteiger partial charge in [0.2, 0.25) is 0 Å². The second kappa shape index (κ2) is 6.95. The fourth-order valence-electron chi connectivity index (χ4n) is 1.61. The lowest BCUT2D eigenvalue weighted by Crippen LogP contribution is -1.86. The third kappa shape index (κ3) is 4.39. The molecule has 0 atom stereocenters. The van der Waals surface area contributed by atoms with Gasteiger partial charge in [0.15, 0.2) is 0 Å². The molecule has 2 aromatic rings. The van der Waals surface area contributed by atoms with Crippen LogP contribution >= 0.6 is 17.2 Å². The van der Waals surface area contributed by atoms with Crippen LogP contribution in [0.5, 0.6) is 11.5 Å². The summed E-state index contributed by atoms with van der Waals surface area (Å²) < 4.78 is 9.54. The third-order valence-corrected chi connectivity index (χ3v) is 3.16. The van der Waals surface area contributed by atoms with Crippen molar-refractivity contribution < 1.29 is 28.6 Å². The van der Waals surface area contributed by atoms with Crippen LogP contribution in [0.25, 0.3) is 11.1 Å². The smallest absolute Gasteiger partial charge is 0.391 e. The van der Waals surface area contributed by atoms with Crippen molar-refractivity contribution in [1.29, 1.82) is 0 Å². The fraction of sp³-hybridized carbons (Fsp3) is 0. The van der Waals surface area contributed by atoms with Gasteiger partial charge >= 0.3 is 17.2 Å². The van der Waals surface area contributed by atoms with Gasteiger partial charge in [0.25, 0.3) is 0 Å². The first-order valence-corrected chi connectivity index (χ1v) is 7.80. The Labute approximate surface area is 117 Å². The third-order valence-electron chi connectivity index (χ3n) is 2.42. The standard InChI is InChI=1S/C12H12O6P2/c13-19(14)17-11-5-1-9(2-6-11)10-3-7-12(8-4-10)18-20(15)16/h1-8,13-16H. The maximum Gasteiger partial charge on any atom is 0.391 e. The Kier molecular flexibility index (Phi) is 5.26. The normalized spacial score (nSPS) is 10.9. The molecular formula is C12H12O6P2. The number of rotatable bonds is 5. The van der Waals surface area contributed by atoms with Crippen molar-refractivity contribution in [2.24, 2.45) is 0 Å². The molecule has 8 heteroatoms. The molecule has 0 bridgehead atoms. The lowest BCUT2D eigenvalue weighted by Gasteiger charge is -2.08. The molecule has 0 spiro atoms. The summed E-state index contributed by atoms with van der Waals surface area (Å²) in [6.07, 6.45) is 0. The van der Waals surface area contributed by atoms with Gasteiger partial charge < -0.3 is 28.6 Å². The van der Waals surface area contributed by atoms with E-state index < -0.39 is 17.2 Å². The van der Waals surface area contributed by atoms with Crippen molar-refractivity contribution in [2.75, 3.05) is 0 Å². The number of hydrogen-bond acceptors (Lipinski definition) is 6. The maximum absolute atomic E-state index is 8.74. The molecule has 106 valence electrons. The first-order chi connectivity index (χ1) is 9.54. The quantitative estimate of drug-likeness (QED) is 0.633. The van der Waals surface area contributed by atoms with Crippen LogP contribution in [0.3, 0.4) is 0 Å². The molecule has 0 aliphatic carbocycles. The van der Waals surface area contributed by atoms with Crippen LogP contribution in [0.2, 0.25) is 0 Å². The SMILES string of the molecule is OP(O)Oc1ccc(-c2ccc(OP(O)O)cc2)cc1. The lowest BCUT2D eigenvalue weighted by molar-refractivity contribution is 0.373. The Bertz CT molecular complexity index is 489. The molecule has 20 heavy (non-hydrogen) atoms. The van der Waals surface area contributed by atoms with Gasteiger partial charge in [0.05, 0.1) is 0 Å².